The first-order chi connectivity index (χ1) is 12.8. The van der Waals surface area contributed by atoms with Crippen molar-refractivity contribution >= 4 is 5.96 Å². The molecule has 136 valence electrons. The molecule has 4 nitrogen and oxygen atoms in total. The molecule has 2 aliphatic carbocycles. The molecule has 0 saturated heterocycles. The maximum Gasteiger partial charge on any atom is 0.191 e. The predicted molar refractivity (Wildman–Crippen MR) is 106 cm³/mol. The molecule has 1 fully saturated rings. The molecular weight excluding hydrogens is 322 g/mol. The van der Waals surface area contributed by atoms with Crippen molar-refractivity contribution in [2.75, 3.05) is 20.2 Å². The van der Waals surface area contributed by atoms with Crippen molar-refractivity contribution in [3.05, 3.63) is 65.2 Å². The standard InChI is InChI=1S/C22H27N3O/c1-23-22(25-14-19-12-17-6-2-4-8-20(17)19)24-13-18-7-3-5-9-21(18)26-15-16-10-11-16/h2-9,16,19H,10-15H2,1H3,(H2,23,24,25). The van der Waals surface area contributed by atoms with Crippen LogP contribution < -0.4 is 15.4 Å². The van der Waals surface area contributed by atoms with Crippen LogP contribution in [0.15, 0.2) is 53.5 Å². The zero-order valence-electron chi connectivity index (χ0n) is 15.4. The van der Waals surface area contributed by atoms with Crippen LogP contribution in [0.1, 0.15) is 35.4 Å². The molecule has 1 atom stereocenters. The fourth-order valence-electron chi connectivity index (χ4n) is 3.45. The molecule has 1 unspecified atom stereocenters. The average molecular weight is 349 g/mol. The van der Waals surface area contributed by atoms with Gasteiger partial charge in [0.15, 0.2) is 5.96 Å². The van der Waals surface area contributed by atoms with Gasteiger partial charge in [0.05, 0.1) is 6.61 Å². The molecule has 0 spiro atoms. The predicted octanol–water partition coefficient (Wildman–Crippen LogP) is 3.48. The minimum atomic E-state index is 0.582. The Morgan fingerprint density at radius 3 is 2.69 bits per heavy atom. The lowest BCUT2D eigenvalue weighted by atomic mass is 9.78. The summed E-state index contributed by atoms with van der Waals surface area (Å²) in [6.07, 6.45) is 3.76. The first kappa shape index (κ1) is 17.0. The highest BCUT2D eigenvalue weighted by atomic mass is 16.5. The van der Waals surface area contributed by atoms with E-state index in [0.29, 0.717) is 12.5 Å². The Morgan fingerprint density at radius 2 is 1.88 bits per heavy atom. The quantitative estimate of drug-likeness (QED) is 0.594. The van der Waals surface area contributed by atoms with Gasteiger partial charge in [-0.1, -0.05) is 42.5 Å². The van der Waals surface area contributed by atoms with Crippen LogP contribution >= 0.6 is 0 Å². The fraction of sp³-hybridized carbons (Fsp3) is 0.409. The van der Waals surface area contributed by atoms with Crippen molar-refractivity contribution in [2.24, 2.45) is 10.9 Å². The van der Waals surface area contributed by atoms with Crippen molar-refractivity contribution in [1.29, 1.82) is 0 Å². The summed E-state index contributed by atoms with van der Waals surface area (Å²) in [5.74, 6) is 3.16. The summed E-state index contributed by atoms with van der Waals surface area (Å²) >= 11 is 0. The molecule has 4 rings (SSSR count). The number of benzene rings is 2. The number of para-hydroxylation sites is 1. The van der Waals surface area contributed by atoms with Gasteiger partial charge < -0.3 is 15.4 Å². The van der Waals surface area contributed by atoms with Crippen LogP contribution in [0.25, 0.3) is 0 Å². The zero-order valence-corrected chi connectivity index (χ0v) is 15.4. The Hall–Kier alpha value is -2.49. The van der Waals surface area contributed by atoms with Gasteiger partial charge in [-0.05, 0) is 42.4 Å². The molecule has 0 amide bonds. The van der Waals surface area contributed by atoms with Gasteiger partial charge in [-0.3, -0.25) is 4.99 Å². The van der Waals surface area contributed by atoms with Crippen LogP contribution in [-0.2, 0) is 13.0 Å². The summed E-state index contributed by atoms with van der Waals surface area (Å²) < 4.78 is 5.99. The van der Waals surface area contributed by atoms with Gasteiger partial charge in [0.1, 0.15) is 5.75 Å². The largest absolute Gasteiger partial charge is 0.493 e. The van der Waals surface area contributed by atoms with Gasteiger partial charge >= 0.3 is 0 Å². The van der Waals surface area contributed by atoms with Gasteiger partial charge in [-0.2, -0.15) is 0 Å². The monoisotopic (exact) mass is 349 g/mol. The lowest BCUT2D eigenvalue weighted by Crippen LogP contribution is -2.40. The number of fused-ring (bicyclic) bond motifs is 1. The van der Waals surface area contributed by atoms with E-state index in [9.17, 15) is 0 Å². The van der Waals surface area contributed by atoms with Crippen LogP contribution in [-0.4, -0.2) is 26.2 Å². The van der Waals surface area contributed by atoms with E-state index in [-0.39, 0.29) is 0 Å². The molecule has 2 aromatic rings. The zero-order chi connectivity index (χ0) is 17.8. The molecule has 0 aliphatic heterocycles. The maximum atomic E-state index is 5.99. The third kappa shape index (κ3) is 4.01. The SMILES string of the molecule is CN=C(NCc1ccccc1OCC1CC1)NCC1Cc2ccccc21. The molecule has 0 bridgehead atoms. The number of aliphatic imine (C=N–C) groups is 1. The fourth-order valence-corrected chi connectivity index (χ4v) is 3.45. The number of hydrogen-bond donors (Lipinski definition) is 2. The normalized spacial score (nSPS) is 18.7. The summed E-state index contributed by atoms with van der Waals surface area (Å²) in [4.78, 5) is 4.36. The Kier molecular flexibility index (Phi) is 5.09. The van der Waals surface area contributed by atoms with Crippen LogP contribution in [0.5, 0.6) is 5.75 Å². The van der Waals surface area contributed by atoms with Crippen LogP contribution in [0.4, 0.5) is 0 Å². The van der Waals surface area contributed by atoms with E-state index in [1.807, 2.05) is 13.1 Å². The number of guanidine groups is 1. The van der Waals surface area contributed by atoms with E-state index < -0.39 is 0 Å². The third-order valence-electron chi connectivity index (χ3n) is 5.29. The highest BCUT2D eigenvalue weighted by Gasteiger charge is 2.25. The van der Waals surface area contributed by atoms with E-state index >= 15 is 0 Å². The first-order valence-corrected chi connectivity index (χ1v) is 9.56. The van der Waals surface area contributed by atoms with Gasteiger partial charge in [-0.15, -0.1) is 0 Å². The Balaban J connectivity index is 1.28. The minimum absolute atomic E-state index is 0.582. The van der Waals surface area contributed by atoms with Crippen molar-refractivity contribution in [1.82, 2.24) is 10.6 Å². The number of rotatable bonds is 7. The highest BCUT2D eigenvalue weighted by Crippen LogP contribution is 2.34. The maximum absolute atomic E-state index is 5.99. The van der Waals surface area contributed by atoms with Crippen LogP contribution in [0.3, 0.4) is 0 Å². The summed E-state index contributed by atoms with van der Waals surface area (Å²) in [6.45, 7) is 2.46. The molecule has 2 aliphatic rings. The van der Waals surface area contributed by atoms with Gasteiger partial charge in [0, 0.05) is 31.6 Å². The van der Waals surface area contributed by atoms with Crippen molar-refractivity contribution < 1.29 is 4.74 Å². The molecule has 0 aromatic heterocycles. The molecule has 0 heterocycles. The second kappa shape index (κ2) is 7.81. The Morgan fingerprint density at radius 1 is 1.08 bits per heavy atom. The lowest BCUT2D eigenvalue weighted by Gasteiger charge is -2.30. The summed E-state index contributed by atoms with van der Waals surface area (Å²) in [5, 5.41) is 6.88. The van der Waals surface area contributed by atoms with E-state index in [4.69, 9.17) is 4.74 Å². The van der Waals surface area contributed by atoms with E-state index in [1.54, 1.807) is 0 Å². The van der Waals surface area contributed by atoms with Crippen LogP contribution in [0.2, 0.25) is 0 Å². The summed E-state index contributed by atoms with van der Waals surface area (Å²) in [6, 6.07) is 17.0. The number of nitrogens with zero attached hydrogens (tertiary/aromatic N) is 1. The van der Waals surface area contributed by atoms with Crippen molar-refractivity contribution in [3.8, 4) is 5.75 Å². The second-order valence-corrected chi connectivity index (χ2v) is 7.27. The molecule has 1 saturated carbocycles. The van der Waals surface area contributed by atoms with E-state index in [1.165, 1.54) is 29.5 Å². The van der Waals surface area contributed by atoms with Crippen molar-refractivity contribution in [3.63, 3.8) is 0 Å². The average Bonchev–Trinajstić information content (AvgIpc) is 3.48. The summed E-state index contributed by atoms with van der Waals surface area (Å²) in [5.41, 5.74) is 4.11. The molecule has 0 radical (unpaired) electrons. The third-order valence-corrected chi connectivity index (χ3v) is 5.29. The number of ether oxygens (including phenoxy) is 1. The van der Waals surface area contributed by atoms with Crippen LogP contribution in [0, 0.1) is 5.92 Å². The summed E-state index contributed by atoms with van der Waals surface area (Å²) in [7, 11) is 1.82. The first-order valence-electron chi connectivity index (χ1n) is 9.56. The highest BCUT2D eigenvalue weighted by molar-refractivity contribution is 5.79. The smallest absolute Gasteiger partial charge is 0.191 e. The van der Waals surface area contributed by atoms with Gasteiger partial charge in [0.2, 0.25) is 0 Å². The molecule has 2 N–H and O–H groups in total. The molecular formula is C22H27N3O. The Labute approximate surface area is 155 Å². The van der Waals surface area contributed by atoms with Crippen molar-refractivity contribution in [2.45, 2.75) is 31.7 Å². The second-order valence-electron chi connectivity index (χ2n) is 7.27. The van der Waals surface area contributed by atoms with E-state index in [0.717, 1.165) is 37.2 Å². The van der Waals surface area contributed by atoms with Gasteiger partial charge in [-0.25, -0.2) is 0 Å². The molecule has 4 heteroatoms. The van der Waals surface area contributed by atoms with Gasteiger partial charge in [0.25, 0.3) is 0 Å². The topological polar surface area (TPSA) is 45.7 Å². The number of hydrogen-bond acceptors (Lipinski definition) is 2. The molecule has 26 heavy (non-hydrogen) atoms. The number of nitrogens with one attached hydrogen (secondary N) is 2. The molecule has 2 aromatic carbocycles. The lowest BCUT2D eigenvalue weighted by molar-refractivity contribution is 0.296. The Bertz CT molecular complexity index is 782. The minimum Gasteiger partial charge on any atom is -0.493 e. The van der Waals surface area contributed by atoms with E-state index in [2.05, 4.69) is 58.1 Å².